The van der Waals surface area contributed by atoms with Crippen LogP contribution in [-0.2, 0) is 0 Å². The van der Waals surface area contributed by atoms with Gasteiger partial charge in [0.2, 0.25) is 0 Å². The SMILES string of the molecule is CC(NC(=O)c1cc(Br)cnc1N)c1ccc(Br)cc1. The molecule has 0 radical (unpaired) electrons. The number of pyridine rings is 1. The van der Waals surface area contributed by atoms with E-state index in [-0.39, 0.29) is 17.8 Å². The number of nitrogens with two attached hydrogens (primary N) is 1. The summed E-state index contributed by atoms with van der Waals surface area (Å²) in [5.41, 5.74) is 7.11. The van der Waals surface area contributed by atoms with Crippen molar-refractivity contribution in [3.63, 3.8) is 0 Å². The van der Waals surface area contributed by atoms with Crippen molar-refractivity contribution >= 4 is 43.6 Å². The van der Waals surface area contributed by atoms with Crippen LogP contribution in [0.5, 0.6) is 0 Å². The van der Waals surface area contributed by atoms with Crippen LogP contribution in [0.3, 0.4) is 0 Å². The summed E-state index contributed by atoms with van der Waals surface area (Å²) in [6.45, 7) is 1.92. The second kappa shape index (κ2) is 6.37. The third-order valence-electron chi connectivity index (χ3n) is 2.85. The van der Waals surface area contributed by atoms with E-state index in [1.54, 1.807) is 12.3 Å². The van der Waals surface area contributed by atoms with Crippen LogP contribution >= 0.6 is 31.9 Å². The van der Waals surface area contributed by atoms with Gasteiger partial charge in [-0.1, -0.05) is 28.1 Å². The zero-order valence-electron chi connectivity index (χ0n) is 10.7. The highest BCUT2D eigenvalue weighted by atomic mass is 79.9. The first-order chi connectivity index (χ1) is 9.47. The number of halogens is 2. The van der Waals surface area contributed by atoms with Gasteiger partial charge in [-0.15, -0.1) is 0 Å². The van der Waals surface area contributed by atoms with E-state index in [0.29, 0.717) is 10.0 Å². The van der Waals surface area contributed by atoms with Crippen LogP contribution in [0.2, 0.25) is 0 Å². The first-order valence-electron chi connectivity index (χ1n) is 5.94. The zero-order chi connectivity index (χ0) is 14.7. The minimum Gasteiger partial charge on any atom is -0.383 e. The molecule has 0 aliphatic carbocycles. The molecule has 0 saturated heterocycles. The van der Waals surface area contributed by atoms with Gasteiger partial charge < -0.3 is 11.1 Å². The van der Waals surface area contributed by atoms with Gasteiger partial charge in [0, 0.05) is 15.1 Å². The van der Waals surface area contributed by atoms with Crippen molar-refractivity contribution in [3.05, 3.63) is 56.6 Å². The van der Waals surface area contributed by atoms with Crippen molar-refractivity contribution in [2.45, 2.75) is 13.0 Å². The molecule has 2 rings (SSSR count). The van der Waals surface area contributed by atoms with E-state index in [1.807, 2.05) is 31.2 Å². The second-order valence-corrected chi connectivity index (χ2v) is 6.16. The highest BCUT2D eigenvalue weighted by molar-refractivity contribution is 9.10. The van der Waals surface area contributed by atoms with Gasteiger partial charge in [-0.3, -0.25) is 4.79 Å². The number of benzene rings is 1. The predicted molar refractivity (Wildman–Crippen MR) is 86.4 cm³/mol. The highest BCUT2D eigenvalue weighted by Crippen LogP contribution is 2.19. The van der Waals surface area contributed by atoms with Crippen molar-refractivity contribution in [1.82, 2.24) is 10.3 Å². The summed E-state index contributed by atoms with van der Waals surface area (Å²) in [5, 5.41) is 2.90. The van der Waals surface area contributed by atoms with Crippen molar-refractivity contribution in [1.29, 1.82) is 0 Å². The number of aromatic nitrogens is 1. The molecule has 0 fully saturated rings. The van der Waals surface area contributed by atoms with E-state index in [2.05, 4.69) is 42.2 Å². The molecular weight excluding hydrogens is 386 g/mol. The number of carbonyl (C=O) groups excluding carboxylic acids is 1. The van der Waals surface area contributed by atoms with Gasteiger partial charge in [0.15, 0.2) is 0 Å². The smallest absolute Gasteiger partial charge is 0.255 e. The van der Waals surface area contributed by atoms with E-state index in [4.69, 9.17) is 5.73 Å². The zero-order valence-corrected chi connectivity index (χ0v) is 13.9. The maximum atomic E-state index is 12.2. The second-order valence-electron chi connectivity index (χ2n) is 4.33. The van der Waals surface area contributed by atoms with E-state index in [1.165, 1.54) is 0 Å². The summed E-state index contributed by atoms with van der Waals surface area (Å²) in [5.74, 6) is -0.0274. The lowest BCUT2D eigenvalue weighted by Crippen LogP contribution is -2.27. The van der Waals surface area contributed by atoms with Crippen molar-refractivity contribution in [3.8, 4) is 0 Å². The maximum absolute atomic E-state index is 12.2. The van der Waals surface area contributed by atoms with Crippen LogP contribution in [0.15, 0.2) is 45.5 Å². The Morgan fingerprint density at radius 3 is 2.55 bits per heavy atom. The molecule has 0 aliphatic heterocycles. The fourth-order valence-electron chi connectivity index (χ4n) is 1.74. The molecule has 3 N–H and O–H groups in total. The van der Waals surface area contributed by atoms with Gasteiger partial charge in [0.05, 0.1) is 11.6 Å². The molecule has 104 valence electrons. The molecule has 1 atom stereocenters. The molecule has 1 amide bonds. The summed E-state index contributed by atoms with van der Waals surface area (Å²) in [7, 11) is 0. The molecule has 0 saturated carbocycles. The number of nitrogen functional groups attached to an aromatic ring is 1. The van der Waals surface area contributed by atoms with Crippen LogP contribution in [0.1, 0.15) is 28.9 Å². The Balaban J connectivity index is 2.15. The first-order valence-corrected chi connectivity index (χ1v) is 7.53. The summed E-state index contributed by atoms with van der Waals surface area (Å²) in [6, 6.07) is 9.33. The van der Waals surface area contributed by atoms with Crippen molar-refractivity contribution < 1.29 is 4.79 Å². The molecular formula is C14H13Br2N3O. The predicted octanol–water partition coefficient (Wildman–Crippen LogP) is 3.68. The minimum absolute atomic E-state index is 0.117. The quantitative estimate of drug-likeness (QED) is 0.828. The topological polar surface area (TPSA) is 68.0 Å². The van der Waals surface area contributed by atoms with E-state index < -0.39 is 0 Å². The largest absolute Gasteiger partial charge is 0.383 e. The van der Waals surface area contributed by atoms with Crippen LogP contribution in [0.25, 0.3) is 0 Å². The highest BCUT2D eigenvalue weighted by Gasteiger charge is 2.15. The molecule has 4 nitrogen and oxygen atoms in total. The molecule has 6 heteroatoms. The number of nitrogens with zero attached hydrogens (tertiary/aromatic N) is 1. The molecule has 1 aromatic carbocycles. The van der Waals surface area contributed by atoms with Gasteiger partial charge in [0.1, 0.15) is 5.82 Å². The molecule has 0 aliphatic rings. The lowest BCUT2D eigenvalue weighted by atomic mass is 10.1. The molecule has 2 aromatic rings. The first kappa shape index (κ1) is 15.0. The molecule has 20 heavy (non-hydrogen) atoms. The van der Waals surface area contributed by atoms with Crippen molar-refractivity contribution in [2.75, 3.05) is 5.73 Å². The Labute approximate surface area is 134 Å². The summed E-state index contributed by atoms with van der Waals surface area (Å²) in [4.78, 5) is 16.2. The summed E-state index contributed by atoms with van der Waals surface area (Å²) in [6.07, 6.45) is 1.56. The number of hydrogen-bond donors (Lipinski definition) is 2. The Morgan fingerprint density at radius 2 is 1.90 bits per heavy atom. The molecule has 0 spiro atoms. The van der Waals surface area contributed by atoms with Crippen LogP contribution in [0, 0.1) is 0 Å². The summed E-state index contributed by atoms with van der Waals surface area (Å²) < 4.78 is 1.72. The number of carbonyl (C=O) groups is 1. The normalized spacial score (nSPS) is 11.9. The number of nitrogens with one attached hydrogen (secondary N) is 1. The Kier molecular flexibility index (Phi) is 4.77. The number of rotatable bonds is 3. The molecule has 1 unspecified atom stereocenters. The maximum Gasteiger partial charge on any atom is 0.255 e. The average Bonchev–Trinajstić information content (AvgIpc) is 2.42. The van der Waals surface area contributed by atoms with E-state index >= 15 is 0 Å². The average molecular weight is 399 g/mol. The third kappa shape index (κ3) is 3.58. The minimum atomic E-state index is -0.244. The van der Waals surface area contributed by atoms with Crippen molar-refractivity contribution in [2.24, 2.45) is 0 Å². The standard InChI is InChI=1S/C14H13Br2N3O/c1-8(9-2-4-10(15)5-3-9)19-14(20)12-6-11(16)7-18-13(12)17/h2-8H,1H3,(H2,17,18)(H,19,20). The molecule has 1 aromatic heterocycles. The monoisotopic (exact) mass is 397 g/mol. The van der Waals surface area contributed by atoms with E-state index in [0.717, 1.165) is 10.0 Å². The Hall–Kier alpha value is -1.40. The van der Waals surface area contributed by atoms with Crippen LogP contribution < -0.4 is 11.1 Å². The van der Waals surface area contributed by atoms with Gasteiger partial charge in [-0.25, -0.2) is 4.98 Å². The Morgan fingerprint density at radius 1 is 1.25 bits per heavy atom. The van der Waals surface area contributed by atoms with Gasteiger partial charge in [-0.2, -0.15) is 0 Å². The van der Waals surface area contributed by atoms with Crippen LogP contribution in [-0.4, -0.2) is 10.9 Å². The molecule has 1 heterocycles. The van der Waals surface area contributed by atoms with Crippen LogP contribution in [0.4, 0.5) is 5.82 Å². The summed E-state index contributed by atoms with van der Waals surface area (Å²) >= 11 is 6.66. The lowest BCUT2D eigenvalue weighted by Gasteiger charge is -2.15. The van der Waals surface area contributed by atoms with Gasteiger partial charge >= 0.3 is 0 Å². The fourth-order valence-corrected chi connectivity index (χ4v) is 2.34. The fraction of sp³-hybridized carbons (Fsp3) is 0.143. The number of hydrogen-bond acceptors (Lipinski definition) is 3. The van der Waals surface area contributed by atoms with E-state index in [9.17, 15) is 4.79 Å². The van der Waals surface area contributed by atoms with Gasteiger partial charge in [0.25, 0.3) is 5.91 Å². The van der Waals surface area contributed by atoms with Gasteiger partial charge in [-0.05, 0) is 46.6 Å². The number of anilines is 1. The molecule has 0 bridgehead atoms. The lowest BCUT2D eigenvalue weighted by molar-refractivity contribution is 0.0940. The third-order valence-corrected chi connectivity index (χ3v) is 3.81. The number of amides is 1. The Bertz CT molecular complexity index is 629.